The Balaban J connectivity index is 1.98. The Morgan fingerprint density at radius 1 is 1.15 bits per heavy atom. The summed E-state index contributed by atoms with van der Waals surface area (Å²) >= 11 is 1.27. The number of hydrogen-bond acceptors (Lipinski definition) is 7. The first kappa shape index (κ1) is 22.5. The van der Waals surface area contributed by atoms with E-state index in [2.05, 4.69) is 4.99 Å². The molecule has 2 aromatic carbocycles. The number of esters is 1. The Morgan fingerprint density at radius 2 is 1.94 bits per heavy atom. The highest BCUT2D eigenvalue weighted by molar-refractivity contribution is 7.07. The zero-order chi connectivity index (χ0) is 23.5. The van der Waals surface area contributed by atoms with Crippen molar-refractivity contribution in [1.82, 2.24) is 4.57 Å². The lowest BCUT2D eigenvalue weighted by atomic mass is 9.95. The van der Waals surface area contributed by atoms with Gasteiger partial charge in [0, 0.05) is 5.56 Å². The molecule has 8 heteroatoms. The highest BCUT2D eigenvalue weighted by Crippen LogP contribution is 2.35. The molecule has 7 nitrogen and oxygen atoms in total. The Labute approximate surface area is 194 Å². The number of methoxy groups -OCH3 is 2. The smallest absolute Gasteiger partial charge is 0.338 e. The summed E-state index contributed by atoms with van der Waals surface area (Å²) in [4.78, 5) is 31.7. The second kappa shape index (κ2) is 9.46. The van der Waals surface area contributed by atoms with Gasteiger partial charge in [0.05, 0.1) is 36.6 Å². The van der Waals surface area contributed by atoms with E-state index in [1.165, 1.54) is 11.3 Å². The molecule has 1 unspecified atom stereocenters. The monoisotopic (exact) mass is 464 g/mol. The van der Waals surface area contributed by atoms with Crippen LogP contribution in [0, 0.1) is 0 Å². The first-order chi connectivity index (χ1) is 16.0. The van der Waals surface area contributed by atoms with Gasteiger partial charge < -0.3 is 14.2 Å². The van der Waals surface area contributed by atoms with E-state index in [1.54, 1.807) is 44.8 Å². The highest BCUT2D eigenvalue weighted by atomic mass is 32.1. The van der Waals surface area contributed by atoms with Gasteiger partial charge in [-0.3, -0.25) is 9.36 Å². The Kier molecular flexibility index (Phi) is 6.46. The third kappa shape index (κ3) is 4.21. The number of thiazole rings is 1. The minimum Gasteiger partial charge on any atom is -0.497 e. The third-order valence-electron chi connectivity index (χ3n) is 5.34. The van der Waals surface area contributed by atoms with E-state index in [9.17, 15) is 9.59 Å². The number of hydrogen-bond donors (Lipinski definition) is 0. The molecule has 0 aliphatic carbocycles. The van der Waals surface area contributed by atoms with Crippen LogP contribution >= 0.6 is 11.3 Å². The third-order valence-corrected chi connectivity index (χ3v) is 6.33. The number of carbonyl (C=O) groups is 1. The lowest BCUT2D eigenvalue weighted by molar-refractivity contribution is -0.139. The summed E-state index contributed by atoms with van der Waals surface area (Å²) in [6.07, 6.45) is 1.80. The molecule has 1 aliphatic rings. The summed E-state index contributed by atoms with van der Waals surface area (Å²) in [7, 11) is 3.16. The van der Waals surface area contributed by atoms with Crippen LogP contribution in [0.2, 0.25) is 0 Å². The van der Waals surface area contributed by atoms with Crippen molar-refractivity contribution >= 4 is 23.4 Å². The van der Waals surface area contributed by atoms with Crippen LogP contribution in [-0.4, -0.2) is 31.4 Å². The minimum atomic E-state index is -0.719. The fourth-order valence-electron chi connectivity index (χ4n) is 3.86. The van der Waals surface area contributed by atoms with Gasteiger partial charge in [-0.25, -0.2) is 9.79 Å². The molecule has 0 amide bonds. The van der Waals surface area contributed by atoms with Crippen LogP contribution in [0.25, 0.3) is 6.08 Å². The van der Waals surface area contributed by atoms with E-state index in [1.807, 2.05) is 42.5 Å². The predicted octanol–water partition coefficient (Wildman–Crippen LogP) is 2.82. The minimum absolute atomic E-state index is 0.217. The molecule has 1 atom stereocenters. The van der Waals surface area contributed by atoms with E-state index in [0.717, 1.165) is 5.56 Å². The first-order valence-electron chi connectivity index (χ1n) is 10.4. The Morgan fingerprint density at radius 3 is 2.67 bits per heavy atom. The van der Waals surface area contributed by atoms with Gasteiger partial charge in [-0.05, 0) is 43.7 Å². The second-order valence-corrected chi connectivity index (χ2v) is 8.33. The summed E-state index contributed by atoms with van der Waals surface area (Å²) in [5.74, 6) is 0.766. The van der Waals surface area contributed by atoms with Crippen LogP contribution in [0.15, 0.2) is 69.6 Å². The molecule has 33 heavy (non-hydrogen) atoms. The molecule has 2 heterocycles. The summed E-state index contributed by atoms with van der Waals surface area (Å²) < 4.78 is 18.2. The number of benzene rings is 2. The van der Waals surface area contributed by atoms with Crippen LogP contribution in [0.1, 0.15) is 31.0 Å². The average molecular weight is 465 g/mol. The number of fused-ring (bicyclic) bond motifs is 1. The average Bonchev–Trinajstić information content (AvgIpc) is 3.12. The summed E-state index contributed by atoms with van der Waals surface area (Å²) in [5, 5.41) is 0. The molecule has 0 bridgehead atoms. The maximum absolute atomic E-state index is 13.6. The summed E-state index contributed by atoms with van der Waals surface area (Å²) in [5.41, 5.74) is 2.10. The molecule has 0 N–H and O–H groups in total. The van der Waals surface area contributed by atoms with Crippen molar-refractivity contribution in [3.05, 3.63) is 90.6 Å². The lowest BCUT2D eigenvalue weighted by Crippen LogP contribution is -2.40. The molecular weight excluding hydrogens is 440 g/mol. The number of rotatable bonds is 6. The number of carbonyl (C=O) groups excluding carboxylic acids is 1. The molecule has 4 rings (SSSR count). The molecule has 1 aromatic heterocycles. The van der Waals surface area contributed by atoms with E-state index in [-0.39, 0.29) is 12.2 Å². The molecule has 0 saturated carbocycles. The lowest BCUT2D eigenvalue weighted by Gasteiger charge is -2.25. The number of nitrogens with zero attached hydrogens (tertiary/aromatic N) is 2. The van der Waals surface area contributed by atoms with Crippen molar-refractivity contribution in [1.29, 1.82) is 0 Å². The van der Waals surface area contributed by atoms with Crippen LogP contribution < -0.4 is 24.4 Å². The highest BCUT2D eigenvalue weighted by Gasteiger charge is 2.34. The van der Waals surface area contributed by atoms with Gasteiger partial charge in [0.25, 0.3) is 5.56 Å². The molecular formula is C25H24N2O5S. The standard InChI is InChI=1S/C25H24N2O5S/c1-5-32-24(29)21-15(2)26-25-27(22(21)18-11-6-7-12-19(18)31-4)23(28)20(33-25)14-16-9-8-10-17(13-16)30-3/h6-14,22H,5H2,1-4H3/b20-14+. The fraction of sp³-hybridized carbons (Fsp3) is 0.240. The summed E-state index contributed by atoms with van der Waals surface area (Å²) in [6, 6.07) is 14.1. The molecule has 0 fully saturated rings. The van der Waals surface area contributed by atoms with Gasteiger partial charge in [0.15, 0.2) is 4.80 Å². The van der Waals surface area contributed by atoms with Gasteiger partial charge in [0.2, 0.25) is 0 Å². The van der Waals surface area contributed by atoms with Gasteiger partial charge in [-0.2, -0.15) is 0 Å². The van der Waals surface area contributed by atoms with E-state index in [4.69, 9.17) is 14.2 Å². The van der Waals surface area contributed by atoms with Crippen LogP contribution in [-0.2, 0) is 9.53 Å². The largest absolute Gasteiger partial charge is 0.497 e. The summed E-state index contributed by atoms with van der Waals surface area (Å²) in [6.45, 7) is 3.72. The van der Waals surface area contributed by atoms with E-state index >= 15 is 0 Å². The topological polar surface area (TPSA) is 79.1 Å². The Hall–Kier alpha value is -3.65. The van der Waals surface area contributed by atoms with Gasteiger partial charge in [-0.1, -0.05) is 41.7 Å². The van der Waals surface area contributed by atoms with Crippen LogP contribution in [0.4, 0.5) is 0 Å². The predicted molar refractivity (Wildman–Crippen MR) is 126 cm³/mol. The molecule has 0 saturated heterocycles. The normalized spacial score (nSPS) is 15.6. The van der Waals surface area contributed by atoms with Crippen LogP contribution in [0.5, 0.6) is 11.5 Å². The quantitative estimate of drug-likeness (QED) is 0.524. The van der Waals surface area contributed by atoms with Gasteiger partial charge in [0.1, 0.15) is 17.5 Å². The zero-order valence-electron chi connectivity index (χ0n) is 18.8. The molecule has 1 aliphatic heterocycles. The van der Waals surface area contributed by atoms with Gasteiger partial charge >= 0.3 is 5.97 Å². The van der Waals surface area contributed by atoms with Crippen LogP contribution in [0.3, 0.4) is 0 Å². The first-order valence-corrected chi connectivity index (χ1v) is 11.3. The maximum Gasteiger partial charge on any atom is 0.338 e. The number of para-hydroxylation sites is 1. The molecule has 170 valence electrons. The molecule has 3 aromatic rings. The number of aromatic nitrogens is 1. The Bertz CT molecular complexity index is 1420. The van der Waals surface area contributed by atoms with Crippen molar-refractivity contribution < 1.29 is 19.0 Å². The zero-order valence-corrected chi connectivity index (χ0v) is 19.6. The van der Waals surface area contributed by atoms with Gasteiger partial charge in [-0.15, -0.1) is 0 Å². The molecule has 0 radical (unpaired) electrons. The molecule has 0 spiro atoms. The van der Waals surface area contributed by atoms with Crippen molar-refractivity contribution in [3.63, 3.8) is 0 Å². The maximum atomic E-state index is 13.6. The SMILES string of the molecule is CCOC(=O)C1=C(C)N=c2s/c(=C/c3cccc(OC)c3)c(=O)n2C1c1ccccc1OC. The number of ether oxygens (including phenoxy) is 3. The fourth-order valence-corrected chi connectivity index (χ4v) is 4.91. The van der Waals surface area contributed by atoms with Crippen molar-refractivity contribution in [2.45, 2.75) is 19.9 Å². The van der Waals surface area contributed by atoms with Crippen molar-refractivity contribution in [2.75, 3.05) is 20.8 Å². The number of allylic oxidation sites excluding steroid dienone is 1. The van der Waals surface area contributed by atoms with Crippen molar-refractivity contribution in [2.24, 2.45) is 4.99 Å². The van der Waals surface area contributed by atoms with E-state index in [0.29, 0.717) is 37.7 Å². The van der Waals surface area contributed by atoms with Crippen molar-refractivity contribution in [3.8, 4) is 11.5 Å². The second-order valence-electron chi connectivity index (χ2n) is 7.32. The van der Waals surface area contributed by atoms with E-state index < -0.39 is 12.0 Å².